The molecule has 4 nitrogen and oxygen atoms in total. The molecule has 0 rings (SSSR count). The van der Waals surface area contributed by atoms with Crippen molar-refractivity contribution in [2.45, 2.75) is 6.92 Å². The molecule has 0 aromatic rings. The Morgan fingerprint density at radius 2 is 2.33 bits per heavy atom. The van der Waals surface area contributed by atoms with Gasteiger partial charge in [-0.1, -0.05) is 6.92 Å². The molecule has 0 amide bonds. The van der Waals surface area contributed by atoms with Crippen molar-refractivity contribution in [2.24, 2.45) is 11.8 Å². The van der Waals surface area contributed by atoms with Crippen LogP contribution in [0.1, 0.15) is 6.92 Å². The predicted molar refractivity (Wildman–Crippen MR) is 33.6 cm³/mol. The minimum atomic E-state index is -0.813. The quantitative estimate of drug-likeness (QED) is 0.402. The summed E-state index contributed by atoms with van der Waals surface area (Å²) in [7, 11) is 1.64. The molecule has 1 atom stereocenters. The van der Waals surface area contributed by atoms with Crippen LogP contribution in [0.3, 0.4) is 0 Å². The second kappa shape index (κ2) is 3.42. The third-order valence-corrected chi connectivity index (χ3v) is 0.983. The van der Waals surface area contributed by atoms with Crippen molar-refractivity contribution in [1.82, 2.24) is 5.01 Å². The molecule has 0 aromatic heterocycles. The first-order chi connectivity index (χ1) is 4.04. The molecule has 0 bridgehead atoms. The van der Waals surface area contributed by atoms with E-state index >= 15 is 0 Å². The van der Waals surface area contributed by atoms with Crippen LogP contribution in [0.2, 0.25) is 0 Å². The van der Waals surface area contributed by atoms with Crippen molar-refractivity contribution in [3.8, 4) is 0 Å². The summed E-state index contributed by atoms with van der Waals surface area (Å²) in [6.07, 6.45) is 0. The minimum Gasteiger partial charge on any atom is -0.481 e. The number of hydrogen-bond donors (Lipinski definition) is 2. The highest BCUT2D eigenvalue weighted by atomic mass is 16.4. The van der Waals surface area contributed by atoms with Crippen molar-refractivity contribution >= 4 is 5.97 Å². The van der Waals surface area contributed by atoms with Crippen LogP contribution < -0.4 is 5.84 Å². The van der Waals surface area contributed by atoms with E-state index in [1.54, 1.807) is 14.0 Å². The van der Waals surface area contributed by atoms with Gasteiger partial charge in [-0.05, 0) is 0 Å². The Labute approximate surface area is 54.2 Å². The number of nitrogens with two attached hydrogens (primary N) is 1. The molecule has 0 radical (unpaired) electrons. The maximum Gasteiger partial charge on any atom is 0.307 e. The molecule has 0 aliphatic heterocycles. The SMILES string of the molecule is CC(CN(C)N)C(=O)O. The van der Waals surface area contributed by atoms with Gasteiger partial charge in [-0.15, -0.1) is 0 Å². The highest BCUT2D eigenvalue weighted by molar-refractivity contribution is 5.69. The monoisotopic (exact) mass is 132 g/mol. The second-order valence-electron chi connectivity index (χ2n) is 2.18. The molecular formula is C5H12N2O2. The molecule has 9 heavy (non-hydrogen) atoms. The summed E-state index contributed by atoms with van der Waals surface area (Å²) in [6, 6.07) is 0. The van der Waals surface area contributed by atoms with Gasteiger partial charge in [0.2, 0.25) is 0 Å². The van der Waals surface area contributed by atoms with E-state index in [1.807, 2.05) is 0 Å². The molecule has 0 aliphatic carbocycles. The minimum absolute atomic E-state index is 0.384. The number of aliphatic carboxylic acids is 1. The maximum atomic E-state index is 10.2. The third kappa shape index (κ3) is 3.93. The predicted octanol–water partition coefficient (Wildman–Crippen LogP) is -0.487. The van der Waals surface area contributed by atoms with Crippen LogP contribution in [0.25, 0.3) is 0 Å². The van der Waals surface area contributed by atoms with Gasteiger partial charge < -0.3 is 5.11 Å². The van der Waals surface area contributed by atoms with Gasteiger partial charge in [-0.3, -0.25) is 10.6 Å². The van der Waals surface area contributed by atoms with Gasteiger partial charge in [0, 0.05) is 13.6 Å². The van der Waals surface area contributed by atoms with Gasteiger partial charge in [-0.25, -0.2) is 5.01 Å². The number of hydrogen-bond acceptors (Lipinski definition) is 3. The first-order valence-corrected chi connectivity index (χ1v) is 2.72. The molecule has 0 fully saturated rings. The normalized spacial score (nSPS) is 13.8. The van der Waals surface area contributed by atoms with Gasteiger partial charge in [-0.2, -0.15) is 0 Å². The van der Waals surface area contributed by atoms with Crippen LogP contribution in [0.4, 0.5) is 0 Å². The van der Waals surface area contributed by atoms with E-state index in [9.17, 15) is 4.79 Å². The Hall–Kier alpha value is -0.610. The Balaban J connectivity index is 3.50. The lowest BCUT2D eigenvalue weighted by molar-refractivity contribution is -0.141. The second-order valence-corrected chi connectivity index (χ2v) is 2.18. The van der Waals surface area contributed by atoms with Crippen LogP contribution in [-0.4, -0.2) is 29.7 Å². The fourth-order valence-corrected chi connectivity index (χ4v) is 0.510. The van der Waals surface area contributed by atoms with Gasteiger partial charge in [0.05, 0.1) is 5.92 Å². The summed E-state index contributed by atoms with van der Waals surface area (Å²) >= 11 is 0. The Morgan fingerprint density at radius 3 is 2.44 bits per heavy atom. The number of carboxylic acid groups (broad SMARTS) is 1. The fraction of sp³-hybridized carbons (Fsp3) is 0.800. The lowest BCUT2D eigenvalue weighted by atomic mass is 10.2. The van der Waals surface area contributed by atoms with Gasteiger partial charge >= 0.3 is 5.97 Å². The lowest BCUT2D eigenvalue weighted by Gasteiger charge is -2.11. The van der Waals surface area contributed by atoms with Crippen LogP contribution in [0, 0.1) is 5.92 Å². The molecule has 0 saturated heterocycles. The Bertz CT molecular complexity index is 103. The summed E-state index contributed by atoms with van der Waals surface area (Å²) < 4.78 is 0. The summed E-state index contributed by atoms with van der Waals surface area (Å²) in [5, 5.41) is 9.71. The first kappa shape index (κ1) is 8.39. The number of nitrogens with zero attached hydrogens (tertiary/aromatic N) is 1. The zero-order chi connectivity index (χ0) is 7.44. The van der Waals surface area contributed by atoms with E-state index in [0.717, 1.165) is 0 Å². The Kier molecular flexibility index (Phi) is 3.19. The molecule has 3 N–H and O–H groups in total. The highest BCUT2D eigenvalue weighted by Gasteiger charge is 2.10. The smallest absolute Gasteiger partial charge is 0.307 e. The van der Waals surface area contributed by atoms with E-state index in [0.29, 0.717) is 6.54 Å². The fourth-order valence-electron chi connectivity index (χ4n) is 0.510. The van der Waals surface area contributed by atoms with E-state index in [4.69, 9.17) is 10.9 Å². The van der Waals surface area contributed by atoms with Crippen molar-refractivity contribution in [3.63, 3.8) is 0 Å². The van der Waals surface area contributed by atoms with Crippen molar-refractivity contribution in [3.05, 3.63) is 0 Å². The van der Waals surface area contributed by atoms with Crippen LogP contribution in [0.5, 0.6) is 0 Å². The molecule has 0 heterocycles. The highest BCUT2D eigenvalue weighted by Crippen LogP contribution is 1.93. The molecular weight excluding hydrogens is 120 g/mol. The third-order valence-electron chi connectivity index (χ3n) is 0.983. The molecule has 1 unspecified atom stereocenters. The van der Waals surface area contributed by atoms with E-state index in [-0.39, 0.29) is 5.92 Å². The maximum absolute atomic E-state index is 10.2. The number of rotatable bonds is 3. The molecule has 0 aromatic carbocycles. The number of carbonyl (C=O) groups is 1. The average Bonchev–Trinajstić information content (AvgIpc) is 1.63. The van der Waals surface area contributed by atoms with Gasteiger partial charge in [0.1, 0.15) is 0 Å². The summed E-state index contributed by atoms with van der Waals surface area (Å²) in [4.78, 5) is 10.2. The van der Waals surface area contributed by atoms with Crippen molar-refractivity contribution in [1.29, 1.82) is 0 Å². The summed E-state index contributed by atoms with van der Waals surface area (Å²) in [5.41, 5.74) is 0. The standard InChI is InChI=1S/C5H12N2O2/c1-4(5(8)9)3-7(2)6/h4H,3,6H2,1-2H3,(H,8,9). The van der Waals surface area contributed by atoms with Crippen molar-refractivity contribution in [2.75, 3.05) is 13.6 Å². The largest absolute Gasteiger partial charge is 0.481 e. The van der Waals surface area contributed by atoms with Crippen LogP contribution in [-0.2, 0) is 4.79 Å². The lowest BCUT2D eigenvalue weighted by Crippen LogP contribution is -2.33. The van der Waals surface area contributed by atoms with E-state index in [1.165, 1.54) is 5.01 Å². The van der Waals surface area contributed by atoms with E-state index < -0.39 is 5.97 Å². The first-order valence-electron chi connectivity index (χ1n) is 2.72. The Morgan fingerprint density at radius 1 is 1.89 bits per heavy atom. The summed E-state index contributed by atoms with van der Waals surface area (Å²) in [5.74, 6) is 4.00. The molecule has 0 spiro atoms. The van der Waals surface area contributed by atoms with Gasteiger partial charge in [0.25, 0.3) is 0 Å². The van der Waals surface area contributed by atoms with Gasteiger partial charge in [0.15, 0.2) is 0 Å². The van der Waals surface area contributed by atoms with Crippen molar-refractivity contribution < 1.29 is 9.90 Å². The zero-order valence-corrected chi connectivity index (χ0v) is 5.66. The van der Waals surface area contributed by atoms with Crippen LogP contribution in [0.15, 0.2) is 0 Å². The molecule has 0 saturated carbocycles. The summed E-state index contributed by atoms with van der Waals surface area (Å²) in [6.45, 7) is 2.00. The molecule has 54 valence electrons. The molecule has 0 aliphatic rings. The number of hydrazine groups is 1. The molecule has 4 heteroatoms. The topological polar surface area (TPSA) is 66.6 Å². The average molecular weight is 132 g/mol. The number of carboxylic acids is 1. The zero-order valence-electron chi connectivity index (χ0n) is 5.66. The van der Waals surface area contributed by atoms with Crippen LogP contribution >= 0.6 is 0 Å². The van der Waals surface area contributed by atoms with E-state index in [2.05, 4.69) is 0 Å².